The van der Waals surface area contributed by atoms with E-state index in [9.17, 15) is 9.59 Å². The van der Waals surface area contributed by atoms with E-state index in [1.807, 2.05) is 0 Å². The third-order valence-corrected chi connectivity index (χ3v) is 4.84. The number of hydrogen-bond acceptors (Lipinski definition) is 4. The van der Waals surface area contributed by atoms with Crippen molar-refractivity contribution in [2.75, 3.05) is 12.0 Å². The number of benzene rings is 2. The number of cyclic esters (lactones) is 1. The molecule has 0 spiro atoms. The van der Waals surface area contributed by atoms with Gasteiger partial charge < -0.3 is 9.47 Å². The van der Waals surface area contributed by atoms with Crippen LogP contribution >= 0.6 is 39.1 Å². The number of amides is 1. The van der Waals surface area contributed by atoms with Crippen molar-refractivity contribution < 1.29 is 19.1 Å². The second kappa shape index (κ2) is 6.63. The molecule has 0 unspecified atom stereocenters. The van der Waals surface area contributed by atoms with E-state index in [-0.39, 0.29) is 22.2 Å². The van der Waals surface area contributed by atoms with Crippen LogP contribution in [0.5, 0.6) is 0 Å². The van der Waals surface area contributed by atoms with Gasteiger partial charge in [-0.3, -0.25) is 0 Å². The number of rotatable bonds is 2. The summed E-state index contributed by atoms with van der Waals surface area (Å²) < 4.78 is 10.6. The van der Waals surface area contributed by atoms with E-state index >= 15 is 0 Å². The van der Waals surface area contributed by atoms with Crippen LogP contribution in [0.25, 0.3) is 0 Å². The Morgan fingerprint density at radius 3 is 2.58 bits per heavy atom. The van der Waals surface area contributed by atoms with Crippen molar-refractivity contribution >= 4 is 62.6 Å². The summed E-state index contributed by atoms with van der Waals surface area (Å²) in [7, 11) is 1.28. The first kappa shape index (κ1) is 17.1. The number of halogens is 3. The Labute approximate surface area is 156 Å². The van der Waals surface area contributed by atoms with Gasteiger partial charge in [0.2, 0.25) is 0 Å². The van der Waals surface area contributed by atoms with Gasteiger partial charge in [0.15, 0.2) is 0 Å². The molecular weight excluding hydrogens is 421 g/mol. The molecule has 1 aliphatic rings. The predicted octanol–water partition coefficient (Wildman–Crippen LogP) is 5.33. The molecule has 1 aliphatic heterocycles. The molecule has 1 heterocycles. The Hall–Kier alpha value is -1.76. The number of carbonyl (C=O) groups is 2. The van der Waals surface area contributed by atoms with Gasteiger partial charge in [-0.25, -0.2) is 14.5 Å². The van der Waals surface area contributed by atoms with Gasteiger partial charge in [0.25, 0.3) is 0 Å². The quantitative estimate of drug-likeness (QED) is 0.604. The summed E-state index contributed by atoms with van der Waals surface area (Å²) in [5.41, 5.74) is 1.72. The molecule has 0 aliphatic carbocycles. The second-order valence-corrected chi connectivity index (χ2v) is 6.58. The van der Waals surface area contributed by atoms with Crippen molar-refractivity contribution in [2.24, 2.45) is 0 Å². The summed E-state index contributed by atoms with van der Waals surface area (Å²) in [5.74, 6) is -0.525. The highest BCUT2D eigenvalue weighted by molar-refractivity contribution is 9.10. The summed E-state index contributed by atoms with van der Waals surface area (Å²) in [6.07, 6.45) is -0.633. The fraction of sp³-hybridized carbons (Fsp3) is 0.125. The third kappa shape index (κ3) is 2.85. The molecule has 0 saturated heterocycles. The highest BCUT2D eigenvalue weighted by atomic mass is 79.9. The maximum Gasteiger partial charge on any atom is 0.419 e. The lowest BCUT2D eigenvalue weighted by atomic mass is 10.1. The number of hydrogen-bond donors (Lipinski definition) is 0. The smallest absolute Gasteiger partial charge is 0.419 e. The van der Waals surface area contributed by atoms with Gasteiger partial charge in [-0.15, -0.1) is 0 Å². The van der Waals surface area contributed by atoms with Crippen LogP contribution < -0.4 is 4.90 Å². The Kier molecular flexibility index (Phi) is 4.71. The van der Waals surface area contributed by atoms with E-state index in [0.717, 1.165) is 0 Å². The predicted molar refractivity (Wildman–Crippen MR) is 94.3 cm³/mol. The summed E-state index contributed by atoms with van der Waals surface area (Å²) in [6, 6.07) is 8.06. The van der Waals surface area contributed by atoms with Gasteiger partial charge in [0.1, 0.15) is 6.61 Å². The van der Waals surface area contributed by atoms with E-state index in [2.05, 4.69) is 15.9 Å². The lowest BCUT2D eigenvalue weighted by molar-refractivity contribution is 0.0600. The van der Waals surface area contributed by atoms with E-state index in [1.54, 1.807) is 30.3 Å². The van der Waals surface area contributed by atoms with Crippen LogP contribution in [-0.4, -0.2) is 19.2 Å². The Balaban J connectivity index is 2.25. The molecule has 0 bridgehead atoms. The molecule has 0 N–H and O–H groups in total. The highest BCUT2D eigenvalue weighted by Gasteiger charge is 2.32. The number of carbonyl (C=O) groups excluding carboxylic acids is 2. The van der Waals surface area contributed by atoms with Gasteiger partial charge in [-0.2, -0.15) is 0 Å². The van der Waals surface area contributed by atoms with Crippen LogP contribution in [0.15, 0.2) is 34.8 Å². The number of para-hydroxylation sites is 1. The van der Waals surface area contributed by atoms with Crippen molar-refractivity contribution in [3.05, 3.63) is 56.0 Å². The number of nitrogens with zero attached hydrogens (tertiary/aromatic N) is 1. The van der Waals surface area contributed by atoms with Gasteiger partial charge in [0.05, 0.1) is 34.1 Å². The van der Waals surface area contributed by atoms with E-state index in [0.29, 0.717) is 21.4 Å². The Morgan fingerprint density at radius 1 is 1.29 bits per heavy atom. The van der Waals surface area contributed by atoms with Crippen molar-refractivity contribution in [1.29, 1.82) is 0 Å². The van der Waals surface area contributed by atoms with Gasteiger partial charge in [-0.05, 0) is 24.3 Å². The zero-order chi connectivity index (χ0) is 17.4. The molecule has 8 heteroatoms. The summed E-state index contributed by atoms with van der Waals surface area (Å²) in [6.45, 7) is 0.0643. The molecule has 0 atom stereocenters. The molecule has 0 radical (unpaired) electrons. The highest BCUT2D eigenvalue weighted by Crippen LogP contribution is 2.43. The van der Waals surface area contributed by atoms with E-state index in [1.165, 1.54) is 12.0 Å². The van der Waals surface area contributed by atoms with Crippen molar-refractivity contribution in [2.45, 2.75) is 6.61 Å². The molecule has 0 saturated carbocycles. The topological polar surface area (TPSA) is 55.8 Å². The number of anilines is 2. The average Bonchev–Trinajstić information content (AvgIpc) is 2.55. The molecule has 5 nitrogen and oxygen atoms in total. The lowest BCUT2D eigenvalue weighted by Gasteiger charge is -2.31. The maximum atomic E-state index is 12.4. The average molecular weight is 431 g/mol. The first-order valence-corrected chi connectivity index (χ1v) is 8.30. The van der Waals surface area contributed by atoms with Crippen LogP contribution in [0.1, 0.15) is 15.9 Å². The molecule has 3 rings (SSSR count). The monoisotopic (exact) mass is 429 g/mol. The molecule has 124 valence electrons. The largest absolute Gasteiger partial charge is 0.465 e. The maximum absolute atomic E-state index is 12.4. The Bertz CT molecular complexity index is 836. The normalized spacial score (nSPS) is 13.3. The SMILES string of the molecule is COC(=O)c1cc(Br)c2c(c1)N(c1c(Cl)cccc1Cl)C(=O)OC2. The van der Waals surface area contributed by atoms with Crippen LogP contribution in [0.3, 0.4) is 0 Å². The van der Waals surface area contributed by atoms with Crippen molar-refractivity contribution in [3.8, 4) is 0 Å². The minimum absolute atomic E-state index is 0.0643. The van der Waals surface area contributed by atoms with E-state index < -0.39 is 12.1 Å². The van der Waals surface area contributed by atoms with Crippen LogP contribution in [0.4, 0.5) is 16.2 Å². The zero-order valence-corrected chi connectivity index (χ0v) is 15.4. The zero-order valence-electron chi connectivity index (χ0n) is 12.3. The molecular formula is C16H10BrCl2NO4. The number of methoxy groups -OCH3 is 1. The van der Waals surface area contributed by atoms with E-state index in [4.69, 9.17) is 32.7 Å². The molecule has 0 aromatic heterocycles. The molecule has 2 aromatic rings. The molecule has 2 aromatic carbocycles. The summed E-state index contributed by atoms with van der Waals surface area (Å²) in [4.78, 5) is 25.5. The molecule has 24 heavy (non-hydrogen) atoms. The van der Waals surface area contributed by atoms with Crippen LogP contribution in [0, 0.1) is 0 Å². The first-order valence-electron chi connectivity index (χ1n) is 6.75. The standard InChI is InChI=1S/C16H10BrCl2NO4/c1-23-15(21)8-5-10(17)9-7-24-16(22)20(13(9)6-8)14-11(18)3-2-4-12(14)19/h2-6H,7H2,1H3. The van der Waals surface area contributed by atoms with Crippen molar-refractivity contribution in [1.82, 2.24) is 0 Å². The fourth-order valence-corrected chi connectivity index (χ4v) is 3.54. The summed E-state index contributed by atoms with van der Waals surface area (Å²) in [5, 5.41) is 0.568. The van der Waals surface area contributed by atoms with Gasteiger partial charge in [0, 0.05) is 10.0 Å². The van der Waals surface area contributed by atoms with Crippen molar-refractivity contribution in [3.63, 3.8) is 0 Å². The number of fused-ring (bicyclic) bond motifs is 1. The minimum Gasteiger partial charge on any atom is -0.465 e. The third-order valence-electron chi connectivity index (χ3n) is 3.52. The summed E-state index contributed by atoms with van der Waals surface area (Å²) >= 11 is 15.8. The van der Waals surface area contributed by atoms with Crippen LogP contribution in [0.2, 0.25) is 10.0 Å². The molecule has 0 fully saturated rings. The van der Waals surface area contributed by atoms with Gasteiger partial charge in [-0.1, -0.05) is 45.2 Å². The number of ether oxygens (including phenoxy) is 2. The minimum atomic E-state index is -0.633. The second-order valence-electron chi connectivity index (χ2n) is 4.91. The Morgan fingerprint density at radius 2 is 1.96 bits per heavy atom. The fourth-order valence-electron chi connectivity index (χ4n) is 2.41. The van der Waals surface area contributed by atoms with Crippen LogP contribution in [-0.2, 0) is 16.1 Å². The number of esters is 1. The first-order chi connectivity index (χ1) is 11.4. The molecule has 1 amide bonds. The lowest BCUT2D eigenvalue weighted by Crippen LogP contribution is -2.32. The van der Waals surface area contributed by atoms with Gasteiger partial charge >= 0.3 is 12.1 Å².